The number of aliphatic hydroxyl groups excluding tert-OH is 2. The lowest BCUT2D eigenvalue weighted by molar-refractivity contribution is -0.163. The molecule has 2 rings (SSSR count). The van der Waals surface area contributed by atoms with Crippen molar-refractivity contribution in [1.29, 1.82) is 0 Å². The van der Waals surface area contributed by atoms with Gasteiger partial charge in [-0.15, -0.1) is 0 Å². The maximum atomic E-state index is 12.9. The van der Waals surface area contributed by atoms with Crippen molar-refractivity contribution in [3.63, 3.8) is 0 Å². The maximum Gasteiger partial charge on any atom is 0.311 e. The molecule has 0 aromatic heterocycles. The molecule has 0 spiro atoms. The van der Waals surface area contributed by atoms with Crippen molar-refractivity contribution in [2.24, 2.45) is 29.6 Å². The van der Waals surface area contributed by atoms with Crippen LogP contribution < -0.4 is 4.74 Å². The number of carbonyl (C=O) groups is 1. The number of hydrogen-bond donors (Lipinski definition) is 2. The molecule has 1 aliphatic heterocycles. The van der Waals surface area contributed by atoms with E-state index in [1.807, 2.05) is 64.1 Å². The minimum atomic E-state index is -0.914. The molecule has 0 aliphatic carbocycles. The molecule has 9 atom stereocenters. The Balaban J connectivity index is 2.29. The van der Waals surface area contributed by atoms with Crippen molar-refractivity contribution >= 4 is 5.97 Å². The first-order valence-corrected chi connectivity index (χ1v) is 12.6. The van der Waals surface area contributed by atoms with E-state index in [1.54, 1.807) is 14.0 Å². The normalized spacial score (nSPS) is 36.9. The molecule has 0 fully saturated rings. The van der Waals surface area contributed by atoms with E-state index >= 15 is 0 Å². The summed E-state index contributed by atoms with van der Waals surface area (Å²) in [6.07, 6.45) is 2.99. The van der Waals surface area contributed by atoms with Crippen molar-refractivity contribution < 1.29 is 29.2 Å². The first kappa shape index (κ1) is 28.3. The summed E-state index contributed by atoms with van der Waals surface area (Å²) in [6, 6.07) is 7.69. The molecule has 1 aromatic rings. The van der Waals surface area contributed by atoms with Gasteiger partial charge in [0.2, 0.25) is 0 Å². The van der Waals surface area contributed by atoms with Crippen LogP contribution in [0.25, 0.3) is 0 Å². The molecule has 192 valence electrons. The highest BCUT2D eigenvalue weighted by Crippen LogP contribution is 2.31. The van der Waals surface area contributed by atoms with Gasteiger partial charge in [0, 0.05) is 11.8 Å². The molecule has 34 heavy (non-hydrogen) atoms. The highest BCUT2D eigenvalue weighted by molar-refractivity contribution is 5.73. The highest BCUT2D eigenvalue weighted by Gasteiger charge is 2.37. The molecule has 0 radical (unpaired) electrons. The molecule has 1 heterocycles. The molecular formula is C28H44O6. The van der Waals surface area contributed by atoms with Gasteiger partial charge in [-0.3, -0.25) is 4.79 Å². The van der Waals surface area contributed by atoms with Gasteiger partial charge in [0.1, 0.15) is 11.9 Å². The lowest BCUT2D eigenvalue weighted by Gasteiger charge is -2.36. The monoisotopic (exact) mass is 476 g/mol. The fourth-order valence-corrected chi connectivity index (χ4v) is 4.82. The number of carbonyl (C=O) groups excluding carboxylic acids is 1. The number of benzene rings is 1. The summed E-state index contributed by atoms with van der Waals surface area (Å²) >= 11 is 0. The van der Waals surface area contributed by atoms with Crippen molar-refractivity contribution in [2.75, 3.05) is 7.11 Å². The standard InChI is InChI=1S/C28H44O6/c1-8-25-17(2)9-14-24(29)18(3)15-19(4)27(20(5)26(30)21(6)28(31)34-25)33-16-22-10-12-23(32-7)13-11-22/h9-14,17-21,24-27,29-30H,8,15-16H2,1-7H3/b14-9+/t17-,18-,19+,20+,21-,24?,25-,26+,27+/m1/s1. The number of rotatable bonds is 5. The van der Waals surface area contributed by atoms with Crippen LogP contribution in [0, 0.1) is 29.6 Å². The van der Waals surface area contributed by atoms with Crippen LogP contribution in [0.15, 0.2) is 36.4 Å². The van der Waals surface area contributed by atoms with Gasteiger partial charge in [-0.25, -0.2) is 0 Å². The van der Waals surface area contributed by atoms with Crippen LogP contribution in [0.4, 0.5) is 0 Å². The van der Waals surface area contributed by atoms with Gasteiger partial charge in [0.25, 0.3) is 0 Å². The third-order valence-electron chi connectivity index (χ3n) is 7.30. The molecule has 1 aliphatic rings. The second-order valence-electron chi connectivity index (χ2n) is 10.1. The number of cyclic esters (lactones) is 1. The van der Waals surface area contributed by atoms with E-state index in [0.717, 1.165) is 17.7 Å². The third-order valence-corrected chi connectivity index (χ3v) is 7.30. The molecule has 2 N–H and O–H groups in total. The number of methoxy groups -OCH3 is 1. The molecule has 6 nitrogen and oxygen atoms in total. The summed E-state index contributed by atoms with van der Waals surface area (Å²) in [4.78, 5) is 12.9. The molecule has 6 heteroatoms. The Morgan fingerprint density at radius 1 is 1.00 bits per heavy atom. The largest absolute Gasteiger partial charge is 0.497 e. The summed E-state index contributed by atoms with van der Waals surface area (Å²) in [5.74, 6) is -0.577. The Bertz CT molecular complexity index is 776. The van der Waals surface area contributed by atoms with Gasteiger partial charge in [-0.2, -0.15) is 0 Å². The zero-order chi connectivity index (χ0) is 25.4. The Morgan fingerprint density at radius 3 is 2.24 bits per heavy atom. The first-order chi connectivity index (χ1) is 16.1. The number of hydrogen-bond acceptors (Lipinski definition) is 6. The van der Waals surface area contributed by atoms with Crippen LogP contribution in [-0.2, 0) is 20.9 Å². The van der Waals surface area contributed by atoms with Crippen LogP contribution in [0.5, 0.6) is 5.75 Å². The van der Waals surface area contributed by atoms with E-state index in [4.69, 9.17) is 14.2 Å². The minimum absolute atomic E-state index is 0.0119. The molecule has 0 bridgehead atoms. The fraction of sp³-hybridized carbons (Fsp3) is 0.679. The van der Waals surface area contributed by atoms with Crippen LogP contribution in [-0.4, -0.2) is 47.7 Å². The van der Waals surface area contributed by atoms with Crippen molar-refractivity contribution in [3.05, 3.63) is 42.0 Å². The van der Waals surface area contributed by atoms with Crippen LogP contribution >= 0.6 is 0 Å². The Labute approximate surface area is 205 Å². The van der Waals surface area contributed by atoms with E-state index in [2.05, 4.69) is 6.92 Å². The van der Waals surface area contributed by atoms with E-state index in [0.29, 0.717) is 13.0 Å². The summed E-state index contributed by atoms with van der Waals surface area (Å²) in [5.41, 5.74) is 0.998. The Kier molecular flexibility index (Phi) is 11.1. The predicted molar refractivity (Wildman–Crippen MR) is 133 cm³/mol. The lowest BCUT2D eigenvalue weighted by atomic mass is 9.80. The second kappa shape index (κ2) is 13.3. The molecular weight excluding hydrogens is 432 g/mol. The third kappa shape index (κ3) is 7.56. The molecule has 0 saturated heterocycles. The van der Waals surface area contributed by atoms with Crippen LogP contribution in [0.2, 0.25) is 0 Å². The van der Waals surface area contributed by atoms with E-state index in [-0.39, 0.29) is 35.9 Å². The number of aliphatic hydroxyl groups is 2. The SMILES string of the molecule is CC[C@H]1OC(=O)[C@H](C)[C@@H](O)[C@H](C)[C@@H](OCc2ccc(OC)cc2)[C@@H](C)C[C@@H](C)C(O)/C=C/[C@H]1C. The average Bonchev–Trinajstić information content (AvgIpc) is 2.84. The zero-order valence-corrected chi connectivity index (χ0v) is 21.8. The molecule has 1 unspecified atom stereocenters. The smallest absolute Gasteiger partial charge is 0.311 e. The van der Waals surface area contributed by atoms with Crippen LogP contribution in [0.1, 0.15) is 59.9 Å². The molecule has 0 saturated carbocycles. The fourth-order valence-electron chi connectivity index (χ4n) is 4.82. The highest BCUT2D eigenvalue weighted by atomic mass is 16.5. The van der Waals surface area contributed by atoms with Gasteiger partial charge in [0.15, 0.2) is 0 Å². The van der Waals surface area contributed by atoms with Crippen molar-refractivity contribution in [1.82, 2.24) is 0 Å². The predicted octanol–water partition coefficient (Wildman–Crippen LogP) is 4.76. The lowest BCUT2D eigenvalue weighted by Crippen LogP contribution is -2.43. The minimum Gasteiger partial charge on any atom is -0.497 e. The molecule has 1 aromatic carbocycles. The zero-order valence-electron chi connectivity index (χ0n) is 21.8. The van der Waals surface area contributed by atoms with E-state index in [9.17, 15) is 15.0 Å². The molecule has 0 amide bonds. The number of esters is 1. The van der Waals surface area contributed by atoms with Crippen molar-refractivity contribution in [3.8, 4) is 5.75 Å². The van der Waals surface area contributed by atoms with Gasteiger partial charge < -0.3 is 24.4 Å². The van der Waals surface area contributed by atoms with Crippen LogP contribution in [0.3, 0.4) is 0 Å². The quantitative estimate of drug-likeness (QED) is 0.471. The second-order valence-corrected chi connectivity index (χ2v) is 10.1. The first-order valence-electron chi connectivity index (χ1n) is 12.6. The summed E-state index contributed by atoms with van der Waals surface area (Å²) < 4.78 is 17.4. The topological polar surface area (TPSA) is 85.2 Å². The number of ether oxygens (including phenoxy) is 3. The summed E-state index contributed by atoms with van der Waals surface area (Å²) in [5, 5.41) is 21.9. The summed E-state index contributed by atoms with van der Waals surface area (Å²) in [7, 11) is 1.63. The van der Waals surface area contributed by atoms with E-state index in [1.165, 1.54) is 0 Å². The van der Waals surface area contributed by atoms with E-state index < -0.39 is 24.1 Å². The van der Waals surface area contributed by atoms with Gasteiger partial charge in [0.05, 0.1) is 37.9 Å². The van der Waals surface area contributed by atoms with Gasteiger partial charge in [-0.05, 0) is 49.3 Å². The van der Waals surface area contributed by atoms with Gasteiger partial charge in [-0.1, -0.05) is 58.9 Å². The summed E-state index contributed by atoms with van der Waals surface area (Å²) in [6.45, 7) is 12.1. The maximum absolute atomic E-state index is 12.9. The van der Waals surface area contributed by atoms with Gasteiger partial charge >= 0.3 is 5.97 Å². The Morgan fingerprint density at radius 2 is 1.65 bits per heavy atom. The average molecular weight is 477 g/mol. The van der Waals surface area contributed by atoms with Crippen molar-refractivity contribution in [2.45, 2.75) is 85.4 Å². The Hall–Kier alpha value is -1.89.